The standard InChI is InChI=1S/C24H25F2N7O4/c25-12-3-4-15(26)13(8-12)16-2-1-6-32(16)19-5-7-33-22(28-19)14(11-27-33)21-29-23(31-30-21)24(37)9-17(34)20(36)18(35)10-24/h3-5,7-8,11,16-18,20,34-37H,1-2,6,9-10H2,(H,29,30,31)/t16-,17?,18?,20?,24?/m1/s1. The highest BCUT2D eigenvalue weighted by Gasteiger charge is 2.46. The van der Waals surface area contributed by atoms with E-state index in [1.165, 1.54) is 16.8 Å². The van der Waals surface area contributed by atoms with Crippen LogP contribution in [0.4, 0.5) is 14.6 Å². The molecule has 3 aromatic heterocycles. The first-order valence-corrected chi connectivity index (χ1v) is 12.0. The number of hydrogen-bond acceptors (Lipinski definition) is 9. The van der Waals surface area contributed by atoms with Crippen molar-refractivity contribution in [1.29, 1.82) is 0 Å². The quantitative estimate of drug-likeness (QED) is 0.271. The van der Waals surface area contributed by atoms with E-state index in [2.05, 4.69) is 20.3 Å². The third kappa shape index (κ3) is 4.03. The zero-order valence-electron chi connectivity index (χ0n) is 19.5. The topological polar surface area (TPSA) is 156 Å². The van der Waals surface area contributed by atoms with Crippen LogP contribution in [-0.2, 0) is 5.60 Å². The smallest absolute Gasteiger partial charge is 0.186 e. The second-order valence-electron chi connectivity index (χ2n) is 9.70. The SMILES string of the molecule is OC1CC(O)(c2nc(-c3cnn4ccc(N5CCC[C@@H]5c5cc(F)ccc5F)nc34)n[nH]2)CC(O)C1O. The minimum Gasteiger partial charge on any atom is -0.390 e. The van der Waals surface area contributed by atoms with Gasteiger partial charge in [0.25, 0.3) is 0 Å². The van der Waals surface area contributed by atoms with Crippen molar-refractivity contribution in [2.24, 2.45) is 0 Å². The lowest BCUT2D eigenvalue weighted by Gasteiger charge is -2.38. The van der Waals surface area contributed by atoms with Crippen LogP contribution in [0.5, 0.6) is 0 Å². The molecule has 2 fully saturated rings. The molecule has 13 heteroatoms. The molecule has 1 saturated carbocycles. The number of aliphatic hydroxyl groups is 4. The number of H-pyrrole nitrogens is 1. The summed E-state index contributed by atoms with van der Waals surface area (Å²) in [5, 5.41) is 52.1. The number of hydrogen-bond donors (Lipinski definition) is 5. The van der Waals surface area contributed by atoms with Crippen molar-refractivity contribution in [2.45, 2.75) is 55.6 Å². The molecule has 1 aromatic carbocycles. The minimum absolute atomic E-state index is 0.0317. The molecular weight excluding hydrogens is 488 g/mol. The summed E-state index contributed by atoms with van der Waals surface area (Å²) in [6.45, 7) is 0.613. The monoisotopic (exact) mass is 513 g/mol. The van der Waals surface area contributed by atoms with Gasteiger partial charge in [-0.25, -0.2) is 23.3 Å². The van der Waals surface area contributed by atoms with E-state index in [0.717, 1.165) is 18.6 Å². The van der Waals surface area contributed by atoms with Gasteiger partial charge < -0.3 is 25.3 Å². The largest absolute Gasteiger partial charge is 0.390 e. The van der Waals surface area contributed by atoms with E-state index in [4.69, 9.17) is 4.98 Å². The number of nitrogens with one attached hydrogen (secondary N) is 1. The van der Waals surface area contributed by atoms with Gasteiger partial charge in [0, 0.05) is 31.1 Å². The number of halogens is 2. The van der Waals surface area contributed by atoms with Crippen LogP contribution >= 0.6 is 0 Å². The Balaban J connectivity index is 1.33. The zero-order valence-corrected chi connectivity index (χ0v) is 19.5. The van der Waals surface area contributed by atoms with Crippen LogP contribution in [0.25, 0.3) is 17.0 Å². The van der Waals surface area contributed by atoms with Crippen LogP contribution < -0.4 is 4.90 Å². The molecule has 5 N–H and O–H groups in total. The predicted molar refractivity (Wildman–Crippen MR) is 125 cm³/mol. The summed E-state index contributed by atoms with van der Waals surface area (Å²) < 4.78 is 29.9. The van der Waals surface area contributed by atoms with Crippen LogP contribution in [0.1, 0.15) is 43.1 Å². The highest BCUT2D eigenvalue weighted by atomic mass is 19.1. The summed E-state index contributed by atoms with van der Waals surface area (Å²) in [5.74, 6) is -0.195. The number of fused-ring (bicyclic) bond motifs is 1. The molecule has 0 spiro atoms. The molecule has 4 heterocycles. The van der Waals surface area contributed by atoms with Crippen molar-refractivity contribution in [3.05, 3.63) is 59.7 Å². The summed E-state index contributed by atoms with van der Waals surface area (Å²) in [6, 6.07) is 4.83. The summed E-state index contributed by atoms with van der Waals surface area (Å²) in [4.78, 5) is 11.0. The second-order valence-corrected chi connectivity index (χ2v) is 9.70. The van der Waals surface area contributed by atoms with Crippen LogP contribution in [-0.4, -0.2) is 75.1 Å². The van der Waals surface area contributed by atoms with Crippen LogP contribution in [0, 0.1) is 11.6 Å². The molecule has 0 amide bonds. The molecule has 6 rings (SSSR count). The van der Waals surface area contributed by atoms with Crippen molar-refractivity contribution in [3.63, 3.8) is 0 Å². The highest BCUT2D eigenvalue weighted by Crippen LogP contribution is 2.38. The van der Waals surface area contributed by atoms with E-state index >= 15 is 0 Å². The van der Waals surface area contributed by atoms with Gasteiger partial charge in [-0.1, -0.05) is 0 Å². The van der Waals surface area contributed by atoms with Gasteiger partial charge in [0.15, 0.2) is 17.3 Å². The third-order valence-corrected chi connectivity index (χ3v) is 7.27. The van der Waals surface area contributed by atoms with Crippen molar-refractivity contribution < 1.29 is 29.2 Å². The lowest BCUT2D eigenvalue weighted by Crippen LogP contribution is -2.51. The Kier molecular flexibility index (Phi) is 5.67. The lowest BCUT2D eigenvalue weighted by molar-refractivity contribution is -0.160. The summed E-state index contributed by atoms with van der Waals surface area (Å²) in [6.07, 6.45) is 0.164. The van der Waals surface area contributed by atoms with Crippen molar-refractivity contribution in [3.8, 4) is 11.4 Å². The fourth-order valence-electron chi connectivity index (χ4n) is 5.37. The molecule has 4 aromatic rings. The summed E-state index contributed by atoms with van der Waals surface area (Å²) in [7, 11) is 0. The molecule has 3 atom stereocenters. The van der Waals surface area contributed by atoms with E-state index in [1.54, 1.807) is 12.3 Å². The molecule has 194 valence electrons. The molecule has 1 aliphatic carbocycles. The summed E-state index contributed by atoms with van der Waals surface area (Å²) >= 11 is 0. The van der Waals surface area contributed by atoms with Gasteiger partial charge in [-0.15, -0.1) is 0 Å². The van der Waals surface area contributed by atoms with E-state index in [0.29, 0.717) is 30.0 Å². The van der Waals surface area contributed by atoms with Gasteiger partial charge in [-0.2, -0.15) is 10.2 Å². The second kappa shape index (κ2) is 8.80. The van der Waals surface area contributed by atoms with Crippen LogP contribution in [0.2, 0.25) is 0 Å². The van der Waals surface area contributed by atoms with Gasteiger partial charge in [0.1, 0.15) is 29.2 Å². The highest BCUT2D eigenvalue weighted by molar-refractivity contribution is 5.73. The Morgan fingerprint density at radius 2 is 1.84 bits per heavy atom. The summed E-state index contributed by atoms with van der Waals surface area (Å²) in [5.41, 5.74) is -0.568. The average molecular weight is 514 g/mol. The van der Waals surface area contributed by atoms with Gasteiger partial charge in [0.05, 0.1) is 30.0 Å². The first-order valence-electron chi connectivity index (χ1n) is 12.0. The third-order valence-electron chi connectivity index (χ3n) is 7.27. The molecule has 2 aliphatic rings. The number of aliphatic hydroxyl groups excluding tert-OH is 3. The average Bonchev–Trinajstić information content (AvgIpc) is 3.62. The number of rotatable bonds is 4. The number of anilines is 1. The number of aromatic nitrogens is 6. The molecule has 1 aliphatic heterocycles. The maximum atomic E-state index is 14.5. The van der Waals surface area contributed by atoms with Gasteiger partial charge in [0.2, 0.25) is 0 Å². The van der Waals surface area contributed by atoms with E-state index < -0.39 is 35.5 Å². The van der Waals surface area contributed by atoms with E-state index in [9.17, 15) is 29.2 Å². The minimum atomic E-state index is -1.72. The van der Waals surface area contributed by atoms with Gasteiger partial charge >= 0.3 is 0 Å². The predicted octanol–water partition coefficient (Wildman–Crippen LogP) is 1.20. The van der Waals surface area contributed by atoms with Gasteiger partial charge in [-0.05, 0) is 37.1 Å². The molecular formula is C24H25F2N7O4. The van der Waals surface area contributed by atoms with Crippen LogP contribution in [0.15, 0.2) is 36.7 Å². The van der Waals surface area contributed by atoms with Crippen molar-refractivity contribution in [2.75, 3.05) is 11.4 Å². The molecule has 1 saturated heterocycles. The van der Waals surface area contributed by atoms with E-state index in [1.807, 2.05) is 4.90 Å². The fourth-order valence-corrected chi connectivity index (χ4v) is 5.37. The molecule has 11 nitrogen and oxygen atoms in total. The Morgan fingerprint density at radius 1 is 1.05 bits per heavy atom. The number of nitrogens with zero attached hydrogens (tertiary/aromatic N) is 6. The lowest BCUT2D eigenvalue weighted by atomic mass is 9.79. The zero-order chi connectivity index (χ0) is 25.9. The van der Waals surface area contributed by atoms with Gasteiger partial charge in [-0.3, -0.25) is 5.10 Å². The Labute approximate surface area is 209 Å². The first kappa shape index (κ1) is 23.9. The Hall–Kier alpha value is -3.52. The number of benzene rings is 1. The first-order chi connectivity index (χ1) is 17.7. The normalized spacial score (nSPS) is 28.3. The maximum Gasteiger partial charge on any atom is 0.186 e. The van der Waals surface area contributed by atoms with Crippen molar-refractivity contribution in [1.82, 2.24) is 29.8 Å². The molecule has 2 unspecified atom stereocenters. The maximum absolute atomic E-state index is 14.5. The van der Waals surface area contributed by atoms with Crippen LogP contribution in [0.3, 0.4) is 0 Å². The van der Waals surface area contributed by atoms with E-state index in [-0.39, 0.29) is 36.1 Å². The fraction of sp³-hybridized carbons (Fsp3) is 0.417. The molecule has 0 radical (unpaired) electrons. The Morgan fingerprint density at radius 3 is 2.62 bits per heavy atom. The Bertz CT molecular complexity index is 1450. The molecule has 0 bridgehead atoms. The molecule has 37 heavy (non-hydrogen) atoms. The number of aromatic amines is 1. The van der Waals surface area contributed by atoms with Crippen molar-refractivity contribution >= 4 is 11.5 Å².